The van der Waals surface area contributed by atoms with Crippen molar-refractivity contribution in [1.29, 1.82) is 0 Å². The van der Waals surface area contributed by atoms with Crippen LogP contribution in [0.25, 0.3) is 0 Å². The van der Waals surface area contributed by atoms with Gasteiger partial charge in [-0.05, 0) is 40.2 Å². The monoisotopic (exact) mass is 246 g/mol. The van der Waals surface area contributed by atoms with Crippen molar-refractivity contribution >= 4 is 0 Å². The Hall–Kier alpha value is -0.860. The van der Waals surface area contributed by atoms with Crippen molar-refractivity contribution < 1.29 is 0 Å². The number of benzene rings is 1. The molecule has 1 atom stereocenters. The van der Waals surface area contributed by atoms with Gasteiger partial charge in [0.05, 0.1) is 0 Å². The van der Waals surface area contributed by atoms with Crippen molar-refractivity contribution in [2.24, 2.45) is 0 Å². The van der Waals surface area contributed by atoms with E-state index in [2.05, 4.69) is 75.2 Å². The summed E-state index contributed by atoms with van der Waals surface area (Å²) in [6.45, 7) is 13.8. The minimum absolute atomic E-state index is 0.178. The smallest absolute Gasteiger partial charge is 0.0331 e. The van der Waals surface area contributed by atoms with Crippen LogP contribution in [-0.4, -0.2) is 29.1 Å². The van der Waals surface area contributed by atoms with Crippen LogP contribution in [0.4, 0.5) is 0 Å². The van der Waals surface area contributed by atoms with Crippen LogP contribution in [0.2, 0.25) is 0 Å². The fourth-order valence-corrected chi connectivity index (χ4v) is 3.59. The molecule has 1 aromatic carbocycles. The van der Waals surface area contributed by atoms with Gasteiger partial charge in [0, 0.05) is 30.2 Å². The predicted molar refractivity (Wildman–Crippen MR) is 77.7 cm³/mol. The Kier molecular flexibility index (Phi) is 3.52. The molecule has 1 aliphatic heterocycles. The molecule has 0 spiro atoms. The summed E-state index contributed by atoms with van der Waals surface area (Å²) in [6, 6.07) is 11.3. The van der Waals surface area contributed by atoms with E-state index >= 15 is 0 Å². The molecule has 2 heteroatoms. The van der Waals surface area contributed by atoms with Crippen molar-refractivity contribution in [3.8, 4) is 0 Å². The average molecular weight is 246 g/mol. The third kappa shape index (κ3) is 2.45. The topological polar surface area (TPSA) is 15.3 Å². The minimum Gasteiger partial charge on any atom is -0.313 e. The van der Waals surface area contributed by atoms with Crippen molar-refractivity contribution in [1.82, 2.24) is 10.2 Å². The SMILES string of the molecule is CC(c1ccccc1)N1C(C)(C)CNCC1(C)C. The normalized spacial score (nSPS) is 24.7. The van der Waals surface area contributed by atoms with E-state index in [0.29, 0.717) is 6.04 Å². The molecule has 2 nitrogen and oxygen atoms in total. The summed E-state index contributed by atoms with van der Waals surface area (Å²) in [6.07, 6.45) is 0. The molecule has 1 aliphatic rings. The quantitative estimate of drug-likeness (QED) is 0.862. The first-order valence-corrected chi connectivity index (χ1v) is 6.90. The molecular weight excluding hydrogens is 220 g/mol. The third-order valence-electron chi connectivity index (χ3n) is 4.09. The van der Waals surface area contributed by atoms with E-state index in [1.807, 2.05) is 0 Å². The number of nitrogens with zero attached hydrogens (tertiary/aromatic N) is 1. The van der Waals surface area contributed by atoms with Crippen molar-refractivity contribution in [2.45, 2.75) is 51.7 Å². The van der Waals surface area contributed by atoms with Crippen LogP contribution in [-0.2, 0) is 0 Å². The standard InChI is InChI=1S/C16H26N2/c1-13(14-9-7-6-8-10-14)18-15(2,3)11-17-12-16(18,4)5/h6-10,13,17H,11-12H2,1-5H3. The number of piperazine rings is 1. The summed E-state index contributed by atoms with van der Waals surface area (Å²) >= 11 is 0. The van der Waals surface area contributed by atoms with Gasteiger partial charge in [-0.2, -0.15) is 0 Å². The molecule has 1 fully saturated rings. The summed E-state index contributed by atoms with van der Waals surface area (Å²) in [5.74, 6) is 0. The second-order valence-electron chi connectivity index (χ2n) is 6.69. The molecule has 0 amide bonds. The lowest BCUT2D eigenvalue weighted by Crippen LogP contribution is -2.67. The number of hydrogen-bond donors (Lipinski definition) is 1. The highest BCUT2D eigenvalue weighted by Gasteiger charge is 2.43. The number of rotatable bonds is 2. The summed E-state index contributed by atoms with van der Waals surface area (Å²) in [7, 11) is 0. The van der Waals surface area contributed by atoms with Crippen molar-refractivity contribution in [3.63, 3.8) is 0 Å². The van der Waals surface area contributed by atoms with E-state index in [1.165, 1.54) is 5.56 Å². The second-order valence-corrected chi connectivity index (χ2v) is 6.69. The van der Waals surface area contributed by atoms with Gasteiger partial charge in [-0.15, -0.1) is 0 Å². The Morgan fingerprint density at radius 3 is 2.00 bits per heavy atom. The fraction of sp³-hybridized carbons (Fsp3) is 0.625. The van der Waals surface area contributed by atoms with Gasteiger partial charge < -0.3 is 5.32 Å². The maximum Gasteiger partial charge on any atom is 0.0331 e. The molecule has 0 aliphatic carbocycles. The van der Waals surface area contributed by atoms with Crippen molar-refractivity contribution in [2.75, 3.05) is 13.1 Å². The van der Waals surface area contributed by atoms with Gasteiger partial charge in [-0.1, -0.05) is 30.3 Å². The summed E-state index contributed by atoms with van der Waals surface area (Å²) in [5, 5.41) is 3.56. The highest BCUT2D eigenvalue weighted by atomic mass is 15.3. The Morgan fingerprint density at radius 2 is 1.50 bits per heavy atom. The first kappa shape index (κ1) is 13.6. The molecule has 1 saturated heterocycles. The molecule has 1 unspecified atom stereocenters. The first-order valence-electron chi connectivity index (χ1n) is 6.90. The zero-order valence-corrected chi connectivity index (χ0v) is 12.3. The zero-order chi connectivity index (χ0) is 13.4. The fourth-order valence-electron chi connectivity index (χ4n) is 3.59. The lowest BCUT2D eigenvalue weighted by atomic mass is 9.85. The predicted octanol–water partition coefficient (Wildman–Crippen LogP) is 3.21. The minimum atomic E-state index is 0.178. The summed E-state index contributed by atoms with van der Waals surface area (Å²) in [4.78, 5) is 2.66. The lowest BCUT2D eigenvalue weighted by molar-refractivity contribution is -0.0448. The van der Waals surface area contributed by atoms with Crippen LogP contribution in [0, 0.1) is 0 Å². The number of nitrogens with one attached hydrogen (secondary N) is 1. The first-order chi connectivity index (χ1) is 8.34. The Bertz CT molecular complexity index is 379. The van der Waals surface area contributed by atoms with Crippen LogP contribution >= 0.6 is 0 Å². The Labute approximate surface area is 111 Å². The molecule has 1 aromatic rings. The highest BCUT2D eigenvalue weighted by Crippen LogP contribution is 2.37. The average Bonchev–Trinajstić information content (AvgIpc) is 2.27. The Morgan fingerprint density at radius 1 is 1.00 bits per heavy atom. The van der Waals surface area contributed by atoms with Crippen LogP contribution in [0.15, 0.2) is 30.3 Å². The summed E-state index contributed by atoms with van der Waals surface area (Å²) in [5.41, 5.74) is 1.76. The van der Waals surface area contributed by atoms with E-state index in [4.69, 9.17) is 0 Å². The maximum atomic E-state index is 3.56. The Balaban J connectivity index is 2.34. The van der Waals surface area contributed by atoms with Gasteiger partial charge >= 0.3 is 0 Å². The molecule has 100 valence electrons. The molecule has 0 aromatic heterocycles. The van der Waals surface area contributed by atoms with Crippen LogP contribution in [0.1, 0.15) is 46.2 Å². The third-order valence-corrected chi connectivity index (χ3v) is 4.09. The van der Waals surface area contributed by atoms with E-state index < -0.39 is 0 Å². The molecule has 0 saturated carbocycles. The van der Waals surface area contributed by atoms with Crippen LogP contribution in [0.3, 0.4) is 0 Å². The zero-order valence-electron chi connectivity index (χ0n) is 12.3. The molecule has 1 N–H and O–H groups in total. The molecule has 0 radical (unpaired) electrons. The van der Waals surface area contributed by atoms with E-state index in [0.717, 1.165) is 13.1 Å². The van der Waals surface area contributed by atoms with Gasteiger partial charge in [0.15, 0.2) is 0 Å². The van der Waals surface area contributed by atoms with Gasteiger partial charge in [-0.3, -0.25) is 4.90 Å². The second kappa shape index (κ2) is 4.67. The van der Waals surface area contributed by atoms with E-state index in [-0.39, 0.29) is 11.1 Å². The van der Waals surface area contributed by atoms with Crippen LogP contribution in [0.5, 0.6) is 0 Å². The highest BCUT2D eigenvalue weighted by molar-refractivity contribution is 5.20. The molecule has 2 rings (SSSR count). The van der Waals surface area contributed by atoms with Crippen LogP contribution < -0.4 is 5.32 Å². The van der Waals surface area contributed by atoms with Gasteiger partial charge in [0.25, 0.3) is 0 Å². The number of hydrogen-bond acceptors (Lipinski definition) is 2. The van der Waals surface area contributed by atoms with Crippen molar-refractivity contribution in [3.05, 3.63) is 35.9 Å². The summed E-state index contributed by atoms with van der Waals surface area (Å²) < 4.78 is 0. The lowest BCUT2D eigenvalue weighted by Gasteiger charge is -2.56. The van der Waals surface area contributed by atoms with Gasteiger partial charge in [0.1, 0.15) is 0 Å². The van der Waals surface area contributed by atoms with E-state index in [1.54, 1.807) is 0 Å². The van der Waals surface area contributed by atoms with E-state index in [9.17, 15) is 0 Å². The molecule has 18 heavy (non-hydrogen) atoms. The largest absolute Gasteiger partial charge is 0.313 e. The van der Waals surface area contributed by atoms with Gasteiger partial charge in [-0.25, -0.2) is 0 Å². The molecular formula is C16H26N2. The molecule has 1 heterocycles. The maximum absolute atomic E-state index is 3.56. The molecule has 0 bridgehead atoms. The van der Waals surface area contributed by atoms with Gasteiger partial charge in [0.2, 0.25) is 0 Å².